The maximum Gasteiger partial charge on any atom is 0.410 e. The first-order valence-electron chi connectivity index (χ1n) is 7.96. The first-order chi connectivity index (χ1) is 9.94. The van der Waals surface area contributed by atoms with E-state index in [2.05, 4.69) is 9.55 Å². The first-order valence-corrected chi connectivity index (χ1v) is 7.96. The van der Waals surface area contributed by atoms with Crippen molar-refractivity contribution in [3.63, 3.8) is 0 Å². The fourth-order valence-corrected chi connectivity index (χ4v) is 3.30. The summed E-state index contributed by atoms with van der Waals surface area (Å²) in [5.74, 6) is 0.583. The Morgan fingerprint density at radius 3 is 2.67 bits per heavy atom. The summed E-state index contributed by atoms with van der Waals surface area (Å²) in [4.78, 5) is 18.7. The lowest BCUT2D eigenvalue weighted by Gasteiger charge is -2.31. The zero-order valence-electron chi connectivity index (χ0n) is 13.3. The van der Waals surface area contributed by atoms with E-state index < -0.39 is 5.60 Å². The normalized spacial score (nSPS) is 19.7. The van der Waals surface area contributed by atoms with Crippen LogP contribution in [0.3, 0.4) is 0 Å². The Balaban J connectivity index is 1.75. The number of amides is 1. The van der Waals surface area contributed by atoms with Gasteiger partial charge in [-0.3, -0.25) is 0 Å². The zero-order valence-corrected chi connectivity index (χ0v) is 13.3. The van der Waals surface area contributed by atoms with E-state index in [1.807, 2.05) is 27.1 Å². The minimum Gasteiger partial charge on any atom is -0.444 e. The molecular formula is C16H25N3O2. The Hall–Kier alpha value is -1.52. The predicted octanol–water partition coefficient (Wildman–Crippen LogP) is 3.29. The quantitative estimate of drug-likeness (QED) is 0.797. The molecule has 0 N–H and O–H groups in total. The highest BCUT2D eigenvalue weighted by Gasteiger charge is 2.30. The first kappa shape index (κ1) is 14.4. The van der Waals surface area contributed by atoms with Gasteiger partial charge in [0, 0.05) is 19.0 Å². The molecule has 1 fully saturated rings. The van der Waals surface area contributed by atoms with Crippen molar-refractivity contribution in [3.8, 4) is 0 Å². The molecule has 1 amide bonds. The van der Waals surface area contributed by atoms with Gasteiger partial charge in [0.2, 0.25) is 0 Å². The smallest absolute Gasteiger partial charge is 0.410 e. The highest BCUT2D eigenvalue weighted by Crippen LogP contribution is 2.36. The van der Waals surface area contributed by atoms with Crippen molar-refractivity contribution in [2.75, 3.05) is 6.54 Å². The van der Waals surface area contributed by atoms with Gasteiger partial charge in [0.15, 0.2) is 0 Å². The van der Waals surface area contributed by atoms with E-state index in [4.69, 9.17) is 4.74 Å². The summed E-state index contributed by atoms with van der Waals surface area (Å²) in [7, 11) is 0. The van der Waals surface area contributed by atoms with Gasteiger partial charge in [0.1, 0.15) is 5.60 Å². The van der Waals surface area contributed by atoms with Crippen molar-refractivity contribution in [3.05, 3.63) is 17.7 Å². The van der Waals surface area contributed by atoms with Crippen LogP contribution in [0.1, 0.15) is 63.8 Å². The second-order valence-corrected chi connectivity index (χ2v) is 7.15. The number of carbonyl (C=O) groups is 1. The van der Waals surface area contributed by atoms with Gasteiger partial charge in [0.05, 0.1) is 24.3 Å². The molecule has 1 aliphatic carbocycles. The van der Waals surface area contributed by atoms with Crippen LogP contribution < -0.4 is 0 Å². The zero-order chi connectivity index (χ0) is 15.0. The Morgan fingerprint density at radius 2 is 2.00 bits per heavy atom. The molecule has 0 aromatic carbocycles. The molecule has 0 atom stereocenters. The summed E-state index contributed by atoms with van der Waals surface area (Å²) >= 11 is 0. The van der Waals surface area contributed by atoms with Crippen molar-refractivity contribution < 1.29 is 9.53 Å². The maximum atomic E-state index is 12.3. The van der Waals surface area contributed by atoms with E-state index in [0.29, 0.717) is 19.0 Å². The second-order valence-electron chi connectivity index (χ2n) is 7.15. The van der Waals surface area contributed by atoms with Crippen LogP contribution in [0.5, 0.6) is 0 Å². The van der Waals surface area contributed by atoms with Crippen LogP contribution in [0.4, 0.5) is 4.79 Å². The van der Waals surface area contributed by atoms with E-state index >= 15 is 0 Å². The van der Waals surface area contributed by atoms with Gasteiger partial charge >= 0.3 is 6.09 Å². The number of nitrogens with zero attached hydrogens (tertiary/aromatic N) is 3. The number of rotatable bonds is 1. The van der Waals surface area contributed by atoms with Crippen LogP contribution >= 0.6 is 0 Å². The summed E-state index contributed by atoms with van der Waals surface area (Å²) in [5, 5.41) is 0. The van der Waals surface area contributed by atoms with Gasteiger partial charge in [0.25, 0.3) is 0 Å². The molecule has 2 heterocycles. The molecule has 1 aromatic rings. The minimum absolute atomic E-state index is 0.215. The lowest BCUT2D eigenvalue weighted by atomic mass is 10.0. The number of hydrogen-bond donors (Lipinski definition) is 0. The Labute approximate surface area is 126 Å². The largest absolute Gasteiger partial charge is 0.444 e. The van der Waals surface area contributed by atoms with Crippen LogP contribution in [0, 0.1) is 0 Å². The number of aromatic nitrogens is 2. The van der Waals surface area contributed by atoms with Gasteiger partial charge in [-0.15, -0.1) is 0 Å². The molecule has 5 heteroatoms. The van der Waals surface area contributed by atoms with E-state index in [1.54, 1.807) is 4.90 Å². The minimum atomic E-state index is -0.441. The van der Waals surface area contributed by atoms with Gasteiger partial charge in [-0.2, -0.15) is 0 Å². The van der Waals surface area contributed by atoms with E-state index in [1.165, 1.54) is 37.1 Å². The molecule has 0 saturated heterocycles. The average molecular weight is 291 g/mol. The number of ether oxygens (including phenoxy) is 1. The SMILES string of the molecule is CC(C)(C)OC(=O)N1CCn2cnc(C3CCCC3)c2C1. The van der Waals surface area contributed by atoms with Gasteiger partial charge in [-0.1, -0.05) is 12.8 Å². The van der Waals surface area contributed by atoms with Crippen molar-refractivity contribution >= 4 is 6.09 Å². The maximum absolute atomic E-state index is 12.3. The van der Waals surface area contributed by atoms with Crippen LogP contribution in [0.15, 0.2) is 6.33 Å². The topological polar surface area (TPSA) is 47.4 Å². The lowest BCUT2D eigenvalue weighted by molar-refractivity contribution is 0.0198. The molecule has 2 aliphatic rings. The predicted molar refractivity (Wildman–Crippen MR) is 80.1 cm³/mol. The molecule has 0 unspecified atom stereocenters. The Morgan fingerprint density at radius 1 is 1.29 bits per heavy atom. The third kappa shape index (κ3) is 3.06. The van der Waals surface area contributed by atoms with Crippen LogP contribution in [-0.2, 0) is 17.8 Å². The fraction of sp³-hybridized carbons (Fsp3) is 0.750. The average Bonchev–Trinajstić information content (AvgIpc) is 3.04. The second kappa shape index (κ2) is 5.35. The summed E-state index contributed by atoms with van der Waals surface area (Å²) < 4.78 is 7.69. The standard InChI is InChI=1S/C16H25N3O2/c1-16(2,3)21-15(20)18-8-9-19-11-17-14(13(19)10-18)12-6-4-5-7-12/h11-12H,4-10H2,1-3H3. The Bertz CT molecular complexity index is 524. The molecular weight excluding hydrogens is 266 g/mol. The monoisotopic (exact) mass is 291 g/mol. The molecule has 116 valence electrons. The molecule has 1 saturated carbocycles. The number of hydrogen-bond acceptors (Lipinski definition) is 3. The van der Waals surface area contributed by atoms with E-state index in [-0.39, 0.29) is 6.09 Å². The third-order valence-electron chi connectivity index (χ3n) is 4.32. The summed E-state index contributed by atoms with van der Waals surface area (Å²) in [6, 6.07) is 0. The molecule has 21 heavy (non-hydrogen) atoms. The molecule has 0 bridgehead atoms. The molecule has 5 nitrogen and oxygen atoms in total. The summed E-state index contributed by atoms with van der Waals surface area (Å²) in [6.45, 7) is 7.85. The number of carbonyl (C=O) groups excluding carboxylic acids is 1. The highest BCUT2D eigenvalue weighted by molar-refractivity contribution is 5.68. The number of imidazole rings is 1. The molecule has 0 radical (unpaired) electrons. The number of fused-ring (bicyclic) bond motifs is 1. The van der Waals surface area contributed by atoms with Crippen molar-refractivity contribution in [2.24, 2.45) is 0 Å². The third-order valence-corrected chi connectivity index (χ3v) is 4.32. The van der Waals surface area contributed by atoms with Gasteiger partial charge in [-0.05, 0) is 33.6 Å². The molecule has 1 aromatic heterocycles. The van der Waals surface area contributed by atoms with Crippen molar-refractivity contribution in [2.45, 2.75) is 71.1 Å². The highest BCUT2D eigenvalue weighted by atomic mass is 16.6. The van der Waals surface area contributed by atoms with Gasteiger partial charge < -0.3 is 14.2 Å². The lowest BCUT2D eigenvalue weighted by Crippen LogP contribution is -2.41. The van der Waals surface area contributed by atoms with Crippen molar-refractivity contribution in [1.82, 2.24) is 14.5 Å². The van der Waals surface area contributed by atoms with Crippen LogP contribution in [0.2, 0.25) is 0 Å². The molecule has 0 spiro atoms. The van der Waals surface area contributed by atoms with Crippen LogP contribution in [0.25, 0.3) is 0 Å². The molecule has 3 rings (SSSR count). The fourth-order valence-electron chi connectivity index (χ4n) is 3.30. The van der Waals surface area contributed by atoms with Gasteiger partial charge in [-0.25, -0.2) is 9.78 Å². The van der Waals surface area contributed by atoms with Crippen LogP contribution in [-0.4, -0.2) is 32.7 Å². The molecule has 1 aliphatic heterocycles. The van der Waals surface area contributed by atoms with E-state index in [0.717, 1.165) is 6.54 Å². The Kier molecular flexibility index (Phi) is 3.68. The van der Waals surface area contributed by atoms with Crippen molar-refractivity contribution in [1.29, 1.82) is 0 Å². The summed E-state index contributed by atoms with van der Waals surface area (Å²) in [6.07, 6.45) is 6.79. The van der Waals surface area contributed by atoms with E-state index in [9.17, 15) is 4.79 Å². The summed E-state index contributed by atoms with van der Waals surface area (Å²) in [5.41, 5.74) is 1.98.